The number of rotatable bonds is 3. The smallest absolute Gasteiger partial charge is 0.253 e. The number of piperazine rings is 1. The minimum Gasteiger partial charge on any atom is -0.464 e. The van der Waals surface area contributed by atoms with Gasteiger partial charge in [0.2, 0.25) is 0 Å². The lowest BCUT2D eigenvalue weighted by atomic mass is 9.95. The van der Waals surface area contributed by atoms with Gasteiger partial charge in [-0.3, -0.25) is 9.59 Å². The molecule has 2 aromatic heterocycles. The van der Waals surface area contributed by atoms with Crippen molar-refractivity contribution in [2.75, 3.05) is 26.2 Å². The number of furan rings is 1. The Labute approximate surface area is 184 Å². The zero-order valence-corrected chi connectivity index (χ0v) is 17.4. The number of hydrogen-bond donors (Lipinski definition) is 3. The van der Waals surface area contributed by atoms with Crippen LogP contribution in [0.1, 0.15) is 26.3 Å². The van der Waals surface area contributed by atoms with E-state index in [9.17, 15) is 9.59 Å². The van der Waals surface area contributed by atoms with Crippen LogP contribution in [0.5, 0.6) is 0 Å². The molecule has 160 valence electrons. The van der Waals surface area contributed by atoms with Crippen LogP contribution >= 0.6 is 0 Å². The van der Waals surface area contributed by atoms with Crippen LogP contribution in [0, 0.1) is 0 Å². The molecule has 0 radical (unpaired) electrons. The first-order chi connectivity index (χ1) is 15.7. The van der Waals surface area contributed by atoms with E-state index in [-0.39, 0.29) is 11.8 Å². The Hall–Kier alpha value is -3.84. The Morgan fingerprint density at radius 1 is 1.00 bits per heavy atom. The van der Waals surface area contributed by atoms with Gasteiger partial charge < -0.3 is 24.9 Å². The van der Waals surface area contributed by atoms with Crippen LogP contribution in [0.2, 0.25) is 0 Å². The lowest BCUT2D eigenvalue weighted by Gasteiger charge is -2.27. The summed E-state index contributed by atoms with van der Waals surface area (Å²) in [6.45, 7) is 3.56. The molecule has 4 heterocycles. The van der Waals surface area contributed by atoms with Crippen LogP contribution in [-0.2, 0) is 6.54 Å². The third-order valence-corrected chi connectivity index (χ3v) is 6.31. The van der Waals surface area contributed by atoms with Crippen molar-refractivity contribution in [2.24, 2.45) is 0 Å². The Bertz CT molecular complexity index is 1350. The summed E-state index contributed by atoms with van der Waals surface area (Å²) in [5.74, 6) is 0.716. The molecule has 1 saturated heterocycles. The van der Waals surface area contributed by atoms with Crippen molar-refractivity contribution in [3.05, 3.63) is 71.5 Å². The number of benzene rings is 2. The molecule has 0 atom stereocenters. The van der Waals surface area contributed by atoms with Crippen molar-refractivity contribution >= 4 is 22.7 Å². The number of hydrogen-bond acceptors (Lipinski definition) is 4. The number of carbonyl (C=O) groups is 2. The van der Waals surface area contributed by atoms with Crippen LogP contribution < -0.4 is 10.6 Å². The number of fused-ring (bicyclic) bond motifs is 2. The maximum absolute atomic E-state index is 12.9. The number of nitrogens with one attached hydrogen (secondary N) is 3. The SMILES string of the molecule is O=C1NCc2c(-c3ccco3)ccc(-c3cc4cc(C(=O)N5CCNCC5)ccc4[nH]3)c21. The topological polar surface area (TPSA) is 90.4 Å². The molecule has 7 heteroatoms. The summed E-state index contributed by atoms with van der Waals surface area (Å²) in [5, 5.41) is 7.16. The highest BCUT2D eigenvalue weighted by Gasteiger charge is 2.28. The van der Waals surface area contributed by atoms with Gasteiger partial charge in [0.1, 0.15) is 5.76 Å². The van der Waals surface area contributed by atoms with E-state index >= 15 is 0 Å². The minimum absolute atomic E-state index is 0.0548. The molecule has 6 rings (SSSR count). The third-order valence-electron chi connectivity index (χ3n) is 6.31. The normalized spacial score (nSPS) is 15.8. The Morgan fingerprint density at radius 2 is 1.84 bits per heavy atom. The Balaban J connectivity index is 1.40. The molecule has 0 aliphatic carbocycles. The molecule has 0 saturated carbocycles. The second-order valence-electron chi connectivity index (χ2n) is 8.20. The maximum atomic E-state index is 12.9. The van der Waals surface area contributed by atoms with Gasteiger partial charge in [0.25, 0.3) is 11.8 Å². The summed E-state index contributed by atoms with van der Waals surface area (Å²) in [7, 11) is 0. The van der Waals surface area contributed by atoms with E-state index in [2.05, 4.69) is 15.6 Å². The zero-order chi connectivity index (χ0) is 21.7. The highest BCUT2D eigenvalue weighted by atomic mass is 16.3. The third kappa shape index (κ3) is 3.01. The predicted molar refractivity (Wildman–Crippen MR) is 121 cm³/mol. The van der Waals surface area contributed by atoms with Crippen molar-refractivity contribution in [1.82, 2.24) is 20.5 Å². The summed E-state index contributed by atoms with van der Waals surface area (Å²) in [6.07, 6.45) is 1.64. The average molecular weight is 426 g/mol. The quantitative estimate of drug-likeness (QED) is 0.468. The first kappa shape index (κ1) is 18.9. The van der Waals surface area contributed by atoms with Crippen LogP contribution in [0.15, 0.2) is 59.2 Å². The molecule has 0 bridgehead atoms. The lowest BCUT2D eigenvalue weighted by Crippen LogP contribution is -2.46. The van der Waals surface area contributed by atoms with Crippen molar-refractivity contribution in [3.63, 3.8) is 0 Å². The molecule has 0 unspecified atom stereocenters. The fraction of sp³-hybridized carbons (Fsp3) is 0.200. The molecule has 32 heavy (non-hydrogen) atoms. The number of carbonyl (C=O) groups excluding carboxylic acids is 2. The molecule has 2 aliphatic rings. The predicted octanol–water partition coefficient (Wildman–Crippen LogP) is 3.38. The molecule has 7 nitrogen and oxygen atoms in total. The molecular formula is C25H22N4O3. The van der Waals surface area contributed by atoms with Crippen molar-refractivity contribution in [2.45, 2.75) is 6.54 Å². The number of H-pyrrole nitrogens is 1. The van der Waals surface area contributed by atoms with E-state index in [1.54, 1.807) is 6.26 Å². The molecule has 3 N–H and O–H groups in total. The van der Waals surface area contributed by atoms with E-state index < -0.39 is 0 Å². The molecular weight excluding hydrogens is 404 g/mol. The number of aromatic nitrogens is 1. The second-order valence-corrected chi connectivity index (χ2v) is 8.20. The monoisotopic (exact) mass is 426 g/mol. The lowest BCUT2D eigenvalue weighted by molar-refractivity contribution is 0.0735. The van der Waals surface area contributed by atoms with Gasteiger partial charge in [-0.25, -0.2) is 0 Å². The van der Waals surface area contributed by atoms with Gasteiger partial charge in [0.15, 0.2) is 0 Å². The first-order valence-electron chi connectivity index (χ1n) is 10.8. The van der Waals surface area contributed by atoms with Gasteiger partial charge >= 0.3 is 0 Å². The van der Waals surface area contributed by atoms with Gasteiger partial charge in [-0.15, -0.1) is 0 Å². The highest BCUT2D eigenvalue weighted by Crippen LogP contribution is 2.37. The minimum atomic E-state index is -0.0864. The van der Waals surface area contributed by atoms with Gasteiger partial charge in [-0.1, -0.05) is 12.1 Å². The molecule has 2 aliphatic heterocycles. The van der Waals surface area contributed by atoms with Crippen molar-refractivity contribution in [1.29, 1.82) is 0 Å². The summed E-state index contributed by atoms with van der Waals surface area (Å²) < 4.78 is 5.57. The number of amides is 2. The van der Waals surface area contributed by atoms with E-state index in [0.717, 1.165) is 65.2 Å². The second kappa shape index (κ2) is 7.39. The Kier molecular flexibility index (Phi) is 4.36. The molecule has 1 fully saturated rings. The largest absolute Gasteiger partial charge is 0.464 e. The van der Waals surface area contributed by atoms with E-state index in [1.807, 2.05) is 53.4 Å². The van der Waals surface area contributed by atoms with Gasteiger partial charge in [0, 0.05) is 66.0 Å². The van der Waals surface area contributed by atoms with E-state index in [4.69, 9.17) is 4.42 Å². The van der Waals surface area contributed by atoms with Crippen LogP contribution in [0.4, 0.5) is 0 Å². The zero-order valence-electron chi connectivity index (χ0n) is 17.4. The van der Waals surface area contributed by atoms with E-state index in [1.165, 1.54) is 0 Å². The molecule has 0 spiro atoms. The maximum Gasteiger partial charge on any atom is 0.253 e. The van der Waals surface area contributed by atoms with Gasteiger partial charge in [0.05, 0.1) is 11.8 Å². The highest BCUT2D eigenvalue weighted by molar-refractivity contribution is 6.07. The first-order valence-corrected chi connectivity index (χ1v) is 10.8. The van der Waals surface area contributed by atoms with Crippen molar-refractivity contribution in [3.8, 4) is 22.6 Å². The summed E-state index contributed by atoms with van der Waals surface area (Å²) in [4.78, 5) is 30.9. The fourth-order valence-electron chi connectivity index (χ4n) is 4.70. The van der Waals surface area contributed by atoms with E-state index in [0.29, 0.717) is 17.7 Å². The van der Waals surface area contributed by atoms with Gasteiger partial charge in [-0.2, -0.15) is 0 Å². The fourth-order valence-corrected chi connectivity index (χ4v) is 4.70. The average Bonchev–Trinajstić information content (AvgIpc) is 3.58. The van der Waals surface area contributed by atoms with Crippen molar-refractivity contribution < 1.29 is 14.0 Å². The molecule has 4 aromatic rings. The van der Waals surface area contributed by atoms with Crippen LogP contribution in [0.3, 0.4) is 0 Å². The number of nitrogens with zero attached hydrogens (tertiary/aromatic N) is 1. The number of aromatic amines is 1. The molecule has 2 aromatic carbocycles. The summed E-state index contributed by atoms with van der Waals surface area (Å²) in [5.41, 5.74) is 5.84. The van der Waals surface area contributed by atoms with Crippen LogP contribution in [0.25, 0.3) is 33.5 Å². The standard InChI is InChI=1S/C25H22N4O3/c30-24-23-18(5-4-17(19(23)14-27-24)22-2-1-11-32-22)21-13-16-12-15(3-6-20(16)28-21)25(31)29-9-7-26-8-10-29/h1-6,11-13,26,28H,7-10,14H2,(H,27,30). The molecule has 2 amide bonds. The summed E-state index contributed by atoms with van der Waals surface area (Å²) >= 11 is 0. The van der Waals surface area contributed by atoms with Gasteiger partial charge in [-0.05, 0) is 42.0 Å². The Morgan fingerprint density at radius 3 is 2.66 bits per heavy atom. The summed E-state index contributed by atoms with van der Waals surface area (Å²) in [6, 6.07) is 15.4. The van der Waals surface area contributed by atoms with Crippen LogP contribution in [-0.4, -0.2) is 47.9 Å².